The number of methoxy groups -OCH3 is 1. The van der Waals surface area contributed by atoms with Crippen LogP contribution in [0, 0.1) is 6.92 Å². The summed E-state index contributed by atoms with van der Waals surface area (Å²) in [6.07, 6.45) is 1.52. The highest BCUT2D eigenvalue weighted by atomic mass is 32.2. The third-order valence-corrected chi connectivity index (χ3v) is 5.19. The van der Waals surface area contributed by atoms with E-state index in [1.54, 1.807) is 12.1 Å². The second-order valence-corrected chi connectivity index (χ2v) is 7.45. The third-order valence-electron chi connectivity index (χ3n) is 4.29. The van der Waals surface area contributed by atoms with E-state index in [1.165, 1.54) is 19.3 Å². The Morgan fingerprint density at radius 2 is 1.93 bits per heavy atom. The van der Waals surface area contributed by atoms with Gasteiger partial charge < -0.3 is 15.2 Å². The fourth-order valence-electron chi connectivity index (χ4n) is 2.68. The SMILES string of the molecule is COc1cc(/C=C2\SC(=O)N(CC(=O)NCc3ccc(C)cc3)C2=O)ccc1O. The van der Waals surface area contributed by atoms with Crippen LogP contribution in [-0.2, 0) is 16.1 Å². The number of phenols is 1. The van der Waals surface area contributed by atoms with Gasteiger partial charge in [0.1, 0.15) is 6.54 Å². The van der Waals surface area contributed by atoms with E-state index in [1.807, 2.05) is 31.2 Å². The Balaban J connectivity index is 1.64. The smallest absolute Gasteiger partial charge is 0.294 e. The molecule has 1 saturated heterocycles. The van der Waals surface area contributed by atoms with Crippen LogP contribution in [0.2, 0.25) is 0 Å². The van der Waals surface area contributed by atoms with E-state index < -0.39 is 17.1 Å². The molecule has 3 rings (SSSR count). The normalized spacial score (nSPS) is 15.1. The molecule has 0 unspecified atom stereocenters. The summed E-state index contributed by atoms with van der Waals surface area (Å²) in [6, 6.07) is 12.3. The Kier molecular flexibility index (Phi) is 6.23. The van der Waals surface area contributed by atoms with Crippen molar-refractivity contribution < 1.29 is 24.2 Å². The topological polar surface area (TPSA) is 95.9 Å². The van der Waals surface area contributed by atoms with E-state index in [2.05, 4.69) is 5.32 Å². The first-order valence-corrected chi connectivity index (χ1v) is 9.63. The fraction of sp³-hybridized carbons (Fsp3) is 0.190. The largest absolute Gasteiger partial charge is 0.504 e. The number of hydrogen-bond acceptors (Lipinski definition) is 6. The molecule has 2 aromatic carbocycles. The predicted octanol–water partition coefficient (Wildman–Crippen LogP) is 3.06. The molecule has 0 saturated carbocycles. The molecule has 29 heavy (non-hydrogen) atoms. The molecule has 8 heteroatoms. The van der Waals surface area contributed by atoms with Gasteiger partial charge in [0, 0.05) is 6.54 Å². The van der Waals surface area contributed by atoms with Crippen molar-refractivity contribution in [3.8, 4) is 11.5 Å². The number of carbonyl (C=O) groups excluding carboxylic acids is 3. The standard InChI is InChI=1S/C21H20N2O5S/c1-13-3-5-14(6-4-13)11-22-19(25)12-23-20(26)18(29-21(23)27)10-15-7-8-16(24)17(9-15)28-2/h3-10,24H,11-12H2,1-2H3,(H,22,25)/b18-10-. The fourth-order valence-corrected chi connectivity index (χ4v) is 3.52. The van der Waals surface area contributed by atoms with E-state index in [4.69, 9.17) is 4.74 Å². The number of hydrogen-bond donors (Lipinski definition) is 2. The molecule has 0 aromatic heterocycles. The quantitative estimate of drug-likeness (QED) is 0.708. The second-order valence-electron chi connectivity index (χ2n) is 6.46. The minimum absolute atomic E-state index is 0.0250. The van der Waals surface area contributed by atoms with Crippen LogP contribution in [0.5, 0.6) is 11.5 Å². The van der Waals surface area contributed by atoms with Gasteiger partial charge >= 0.3 is 0 Å². The van der Waals surface area contributed by atoms with Crippen molar-refractivity contribution in [1.29, 1.82) is 0 Å². The van der Waals surface area contributed by atoms with Gasteiger partial charge in [-0.25, -0.2) is 0 Å². The second kappa shape index (κ2) is 8.83. The molecular weight excluding hydrogens is 392 g/mol. The van der Waals surface area contributed by atoms with Crippen molar-refractivity contribution in [2.45, 2.75) is 13.5 Å². The van der Waals surface area contributed by atoms with Crippen molar-refractivity contribution in [3.05, 3.63) is 64.1 Å². The van der Waals surface area contributed by atoms with Gasteiger partial charge in [-0.3, -0.25) is 19.3 Å². The average Bonchev–Trinajstić information content (AvgIpc) is 2.96. The molecule has 2 aromatic rings. The summed E-state index contributed by atoms with van der Waals surface area (Å²) >= 11 is 0.768. The highest BCUT2D eigenvalue weighted by Crippen LogP contribution is 2.34. The van der Waals surface area contributed by atoms with Gasteiger partial charge in [0.15, 0.2) is 11.5 Å². The number of carbonyl (C=O) groups is 3. The maximum absolute atomic E-state index is 12.5. The zero-order valence-corrected chi connectivity index (χ0v) is 16.8. The van der Waals surface area contributed by atoms with Gasteiger partial charge in [-0.1, -0.05) is 35.9 Å². The zero-order valence-electron chi connectivity index (χ0n) is 16.0. The number of amides is 3. The number of benzene rings is 2. The average molecular weight is 412 g/mol. The van der Waals surface area contributed by atoms with E-state index in [0.29, 0.717) is 12.1 Å². The van der Waals surface area contributed by atoms with E-state index in [-0.39, 0.29) is 22.9 Å². The van der Waals surface area contributed by atoms with Gasteiger partial charge in [-0.05, 0) is 48.0 Å². The third kappa shape index (κ3) is 4.97. The first-order chi connectivity index (χ1) is 13.9. The van der Waals surface area contributed by atoms with Crippen LogP contribution in [0.15, 0.2) is 47.4 Å². The van der Waals surface area contributed by atoms with Crippen molar-refractivity contribution in [2.75, 3.05) is 13.7 Å². The molecule has 3 amide bonds. The number of nitrogens with zero attached hydrogens (tertiary/aromatic N) is 1. The number of rotatable bonds is 6. The molecule has 0 spiro atoms. The van der Waals surface area contributed by atoms with Crippen LogP contribution < -0.4 is 10.1 Å². The first-order valence-electron chi connectivity index (χ1n) is 8.82. The van der Waals surface area contributed by atoms with E-state index >= 15 is 0 Å². The van der Waals surface area contributed by atoms with Gasteiger partial charge in [0.05, 0.1) is 12.0 Å². The summed E-state index contributed by atoms with van der Waals surface area (Å²) in [5.41, 5.74) is 2.64. The molecule has 1 aliphatic heterocycles. The van der Waals surface area contributed by atoms with Gasteiger partial charge in [-0.2, -0.15) is 0 Å². The number of aryl methyl sites for hydroxylation is 1. The minimum atomic E-state index is -0.530. The summed E-state index contributed by atoms with van der Waals surface area (Å²) in [4.78, 5) is 38.0. The summed E-state index contributed by atoms with van der Waals surface area (Å²) in [5, 5.41) is 11.9. The molecule has 2 N–H and O–H groups in total. The lowest BCUT2D eigenvalue weighted by atomic mass is 10.1. The predicted molar refractivity (Wildman–Crippen MR) is 110 cm³/mol. The van der Waals surface area contributed by atoms with E-state index in [9.17, 15) is 19.5 Å². The highest BCUT2D eigenvalue weighted by Gasteiger charge is 2.36. The number of thioether (sulfide) groups is 1. The molecule has 0 atom stereocenters. The summed E-state index contributed by atoms with van der Waals surface area (Å²) < 4.78 is 5.04. The van der Waals surface area contributed by atoms with Crippen molar-refractivity contribution >= 4 is 34.9 Å². The maximum Gasteiger partial charge on any atom is 0.294 e. The molecule has 0 radical (unpaired) electrons. The van der Waals surface area contributed by atoms with Crippen molar-refractivity contribution in [1.82, 2.24) is 10.2 Å². The molecular formula is C21H20N2O5S. The Bertz CT molecular complexity index is 985. The first kappa shape index (κ1) is 20.5. The summed E-state index contributed by atoms with van der Waals surface area (Å²) in [6.45, 7) is 1.95. The van der Waals surface area contributed by atoms with Crippen molar-refractivity contribution in [2.24, 2.45) is 0 Å². The Morgan fingerprint density at radius 1 is 1.21 bits per heavy atom. The lowest BCUT2D eigenvalue weighted by Crippen LogP contribution is -2.39. The monoisotopic (exact) mass is 412 g/mol. The molecule has 0 aliphatic carbocycles. The van der Waals surface area contributed by atoms with Crippen molar-refractivity contribution in [3.63, 3.8) is 0 Å². The van der Waals surface area contributed by atoms with Gasteiger partial charge in [-0.15, -0.1) is 0 Å². The number of ether oxygens (including phenoxy) is 1. The van der Waals surface area contributed by atoms with Crippen LogP contribution in [0.1, 0.15) is 16.7 Å². The summed E-state index contributed by atoms with van der Waals surface area (Å²) in [5.74, 6) is -0.714. The van der Waals surface area contributed by atoms with Gasteiger partial charge in [0.2, 0.25) is 5.91 Å². The maximum atomic E-state index is 12.5. The lowest BCUT2D eigenvalue weighted by molar-refractivity contribution is -0.129. The number of nitrogens with one attached hydrogen (secondary N) is 1. The number of imide groups is 1. The number of phenolic OH excluding ortho intramolecular Hbond substituents is 1. The lowest BCUT2D eigenvalue weighted by Gasteiger charge is -2.12. The Labute approximate surface area is 172 Å². The highest BCUT2D eigenvalue weighted by molar-refractivity contribution is 8.18. The summed E-state index contributed by atoms with van der Waals surface area (Å²) in [7, 11) is 1.42. The molecule has 1 aliphatic rings. The van der Waals surface area contributed by atoms with Gasteiger partial charge in [0.25, 0.3) is 11.1 Å². The van der Waals surface area contributed by atoms with Crippen LogP contribution in [0.3, 0.4) is 0 Å². The van der Waals surface area contributed by atoms with Crippen LogP contribution in [-0.4, -0.2) is 40.7 Å². The van der Waals surface area contributed by atoms with Crippen LogP contribution in [0.4, 0.5) is 4.79 Å². The molecule has 150 valence electrons. The molecule has 0 bridgehead atoms. The van der Waals surface area contributed by atoms with Crippen LogP contribution in [0.25, 0.3) is 6.08 Å². The number of aromatic hydroxyl groups is 1. The Morgan fingerprint density at radius 3 is 2.62 bits per heavy atom. The molecule has 1 fully saturated rings. The Hall–Kier alpha value is -3.26. The molecule has 7 nitrogen and oxygen atoms in total. The van der Waals surface area contributed by atoms with E-state index in [0.717, 1.165) is 27.8 Å². The minimum Gasteiger partial charge on any atom is -0.504 e. The molecule has 1 heterocycles. The zero-order chi connectivity index (χ0) is 21.0. The van der Waals surface area contributed by atoms with Crippen LogP contribution >= 0.6 is 11.8 Å².